The van der Waals surface area contributed by atoms with Crippen molar-refractivity contribution in [2.75, 3.05) is 4.90 Å². The summed E-state index contributed by atoms with van der Waals surface area (Å²) in [6.45, 7) is -0.171. The van der Waals surface area contributed by atoms with Crippen LogP contribution < -0.4 is 9.64 Å². The molecule has 144 valence electrons. The van der Waals surface area contributed by atoms with E-state index in [4.69, 9.17) is 9.84 Å². The summed E-state index contributed by atoms with van der Waals surface area (Å²) in [5.41, 5.74) is 0.332. The second kappa shape index (κ2) is 6.79. The molecule has 1 N–H and O–H groups in total. The maximum absolute atomic E-state index is 13.9. The number of fused-ring (bicyclic) bond motifs is 2. The third-order valence-corrected chi connectivity index (χ3v) is 5.22. The van der Waals surface area contributed by atoms with Gasteiger partial charge in [-0.1, -0.05) is 0 Å². The topological polar surface area (TPSA) is 79.7 Å². The van der Waals surface area contributed by atoms with E-state index in [1.54, 1.807) is 0 Å². The van der Waals surface area contributed by atoms with E-state index in [2.05, 4.69) is 4.98 Å². The molecule has 0 fully saturated rings. The highest BCUT2D eigenvalue weighted by atomic mass is 32.1. The summed E-state index contributed by atoms with van der Waals surface area (Å²) in [5, 5.41) is 9.28. The number of aliphatic carboxylic acids is 1. The summed E-state index contributed by atoms with van der Waals surface area (Å²) in [5.74, 6) is -4.45. The zero-order valence-electron chi connectivity index (χ0n) is 14.0. The van der Waals surface area contributed by atoms with Crippen LogP contribution in [0.5, 0.6) is 5.75 Å². The van der Waals surface area contributed by atoms with E-state index in [1.165, 1.54) is 12.1 Å². The summed E-state index contributed by atoms with van der Waals surface area (Å²) in [7, 11) is 0. The summed E-state index contributed by atoms with van der Waals surface area (Å²) < 4.78 is 46.5. The molecular formula is C18H11F3N2O4S. The van der Waals surface area contributed by atoms with Gasteiger partial charge in [-0.15, -0.1) is 11.3 Å². The number of hydrogen-bond donors (Lipinski definition) is 1. The highest BCUT2D eigenvalue weighted by Gasteiger charge is 2.36. The molecule has 4 rings (SSSR count). The maximum Gasteiger partial charge on any atom is 0.307 e. The first-order chi connectivity index (χ1) is 13.3. The molecule has 0 radical (unpaired) electrons. The van der Waals surface area contributed by atoms with E-state index in [0.29, 0.717) is 0 Å². The van der Waals surface area contributed by atoms with Gasteiger partial charge in [0.05, 0.1) is 28.9 Å². The fourth-order valence-electron chi connectivity index (χ4n) is 2.93. The Morgan fingerprint density at radius 1 is 1.25 bits per heavy atom. The lowest BCUT2D eigenvalue weighted by Gasteiger charge is -2.33. The molecule has 1 aliphatic heterocycles. The third kappa shape index (κ3) is 3.15. The van der Waals surface area contributed by atoms with Gasteiger partial charge in [-0.2, -0.15) is 0 Å². The lowest BCUT2D eigenvalue weighted by molar-refractivity contribution is -0.142. The fraction of sp³-hybridized carbons (Fsp3) is 0.167. The Kier molecular flexibility index (Phi) is 4.42. The van der Waals surface area contributed by atoms with E-state index in [0.717, 1.165) is 34.4 Å². The van der Waals surface area contributed by atoms with Crippen LogP contribution in [0.2, 0.25) is 0 Å². The van der Waals surface area contributed by atoms with Gasteiger partial charge >= 0.3 is 5.97 Å². The van der Waals surface area contributed by atoms with E-state index < -0.39 is 41.9 Å². The minimum atomic E-state index is -1.29. The number of thiazole rings is 1. The molecule has 0 spiro atoms. The average molecular weight is 408 g/mol. The molecule has 1 atom stereocenters. The quantitative estimate of drug-likeness (QED) is 0.715. The predicted octanol–water partition coefficient (Wildman–Crippen LogP) is 3.48. The number of hydrogen-bond acceptors (Lipinski definition) is 5. The molecule has 10 heteroatoms. The van der Waals surface area contributed by atoms with E-state index in [-0.39, 0.29) is 33.2 Å². The van der Waals surface area contributed by atoms with Crippen LogP contribution in [-0.4, -0.2) is 28.1 Å². The second-order valence-electron chi connectivity index (χ2n) is 6.06. The highest BCUT2D eigenvalue weighted by Crippen LogP contribution is 2.37. The molecule has 0 aliphatic carbocycles. The van der Waals surface area contributed by atoms with Crippen LogP contribution in [-0.2, 0) is 16.1 Å². The van der Waals surface area contributed by atoms with Gasteiger partial charge < -0.3 is 9.84 Å². The zero-order valence-corrected chi connectivity index (χ0v) is 14.8. The third-order valence-electron chi connectivity index (χ3n) is 4.17. The molecule has 1 unspecified atom stereocenters. The number of anilines is 1. The monoisotopic (exact) mass is 408 g/mol. The SMILES string of the molecule is O=C(O)CC1Oc2ccc(F)cc2N(Cc2nc3ccc(F)c(F)c3s2)C1=O. The molecule has 1 aliphatic rings. The molecule has 0 saturated heterocycles. The van der Waals surface area contributed by atoms with Gasteiger partial charge in [0.1, 0.15) is 16.6 Å². The first-order valence-corrected chi connectivity index (χ1v) is 8.88. The average Bonchev–Trinajstić information content (AvgIpc) is 3.05. The van der Waals surface area contributed by atoms with Crippen LogP contribution >= 0.6 is 11.3 Å². The second-order valence-corrected chi connectivity index (χ2v) is 7.14. The number of carbonyl (C=O) groups is 2. The maximum atomic E-state index is 13.9. The van der Waals surface area contributed by atoms with Crippen LogP contribution in [0.15, 0.2) is 30.3 Å². The number of rotatable bonds is 4. The lowest BCUT2D eigenvalue weighted by atomic mass is 10.1. The molecule has 0 saturated carbocycles. The van der Waals surface area contributed by atoms with Crippen molar-refractivity contribution in [3.05, 3.63) is 52.8 Å². The number of aromatic nitrogens is 1. The summed E-state index contributed by atoms with van der Waals surface area (Å²) in [6.07, 6.45) is -1.87. The standard InChI is InChI=1S/C18H11F3N2O4S/c19-8-1-4-12-11(5-8)23(18(26)13(27-12)6-15(24)25)7-14-22-10-3-2-9(20)16(21)17(10)28-14/h1-5,13H,6-7H2,(H,24,25). The molecule has 6 nitrogen and oxygen atoms in total. The van der Waals surface area contributed by atoms with Gasteiger partial charge in [0.15, 0.2) is 17.7 Å². The minimum absolute atomic E-state index is 0.00254. The number of carboxylic acids is 1. The number of carboxylic acid groups (broad SMARTS) is 1. The van der Waals surface area contributed by atoms with Gasteiger partial charge in [0.25, 0.3) is 5.91 Å². The van der Waals surface area contributed by atoms with Crippen LogP contribution in [0.1, 0.15) is 11.4 Å². The molecule has 2 heterocycles. The fourth-order valence-corrected chi connectivity index (χ4v) is 3.91. The van der Waals surface area contributed by atoms with Crippen molar-refractivity contribution < 1.29 is 32.6 Å². The van der Waals surface area contributed by atoms with Gasteiger partial charge in [0.2, 0.25) is 0 Å². The van der Waals surface area contributed by atoms with E-state index >= 15 is 0 Å². The molecular weight excluding hydrogens is 397 g/mol. The first kappa shape index (κ1) is 18.2. The van der Waals surface area contributed by atoms with Crippen molar-refractivity contribution in [3.8, 4) is 5.75 Å². The number of ether oxygens (including phenoxy) is 1. The Balaban J connectivity index is 1.74. The Hall–Kier alpha value is -3.14. The van der Waals surface area contributed by atoms with Crippen LogP contribution in [0.25, 0.3) is 10.2 Å². The summed E-state index contributed by atoms with van der Waals surface area (Å²) in [6, 6.07) is 5.77. The van der Waals surface area contributed by atoms with Gasteiger partial charge in [-0.3, -0.25) is 14.5 Å². The number of benzene rings is 2. The molecule has 3 aromatic rings. The number of nitrogens with zero attached hydrogens (tertiary/aromatic N) is 2. The normalized spacial score (nSPS) is 16.2. The number of amides is 1. The van der Waals surface area contributed by atoms with Crippen molar-refractivity contribution in [1.29, 1.82) is 0 Å². The molecule has 1 aromatic heterocycles. The predicted molar refractivity (Wildman–Crippen MR) is 93.8 cm³/mol. The summed E-state index contributed by atoms with van der Waals surface area (Å²) in [4.78, 5) is 29.1. The van der Waals surface area contributed by atoms with Gasteiger partial charge in [-0.05, 0) is 24.3 Å². The van der Waals surface area contributed by atoms with Crippen LogP contribution in [0.3, 0.4) is 0 Å². The van der Waals surface area contributed by atoms with Crippen molar-refractivity contribution in [2.24, 2.45) is 0 Å². The molecule has 1 amide bonds. The first-order valence-electron chi connectivity index (χ1n) is 8.06. The molecule has 28 heavy (non-hydrogen) atoms. The van der Waals surface area contributed by atoms with Gasteiger partial charge in [-0.25, -0.2) is 18.2 Å². The van der Waals surface area contributed by atoms with Crippen LogP contribution in [0, 0.1) is 17.5 Å². The van der Waals surface area contributed by atoms with E-state index in [9.17, 15) is 22.8 Å². The van der Waals surface area contributed by atoms with Crippen LogP contribution in [0.4, 0.5) is 18.9 Å². The smallest absolute Gasteiger partial charge is 0.307 e. The Morgan fingerprint density at radius 2 is 2.04 bits per heavy atom. The van der Waals surface area contributed by atoms with E-state index in [1.807, 2.05) is 0 Å². The Bertz CT molecular complexity index is 1120. The number of halogens is 3. The Morgan fingerprint density at radius 3 is 2.79 bits per heavy atom. The lowest BCUT2D eigenvalue weighted by Crippen LogP contribution is -2.46. The van der Waals surface area contributed by atoms with Crippen molar-refractivity contribution in [2.45, 2.75) is 19.1 Å². The van der Waals surface area contributed by atoms with Crippen molar-refractivity contribution in [3.63, 3.8) is 0 Å². The number of carbonyl (C=O) groups excluding carboxylic acids is 1. The summed E-state index contributed by atoms with van der Waals surface area (Å²) >= 11 is 0.857. The molecule has 0 bridgehead atoms. The minimum Gasteiger partial charge on any atom is -0.481 e. The van der Waals surface area contributed by atoms with Crippen molar-refractivity contribution in [1.82, 2.24) is 4.98 Å². The molecule has 2 aromatic carbocycles. The highest BCUT2D eigenvalue weighted by molar-refractivity contribution is 7.18. The Labute approximate surface area is 159 Å². The largest absolute Gasteiger partial charge is 0.481 e. The van der Waals surface area contributed by atoms with Crippen molar-refractivity contribution >= 4 is 39.1 Å². The zero-order chi connectivity index (χ0) is 20.0. The van der Waals surface area contributed by atoms with Gasteiger partial charge in [0, 0.05) is 6.07 Å².